The third kappa shape index (κ3) is 3.18. The number of hydrogen-bond donors (Lipinski definition) is 0. The first-order chi connectivity index (χ1) is 10.7. The Morgan fingerprint density at radius 1 is 1.18 bits per heavy atom. The van der Waals surface area contributed by atoms with Gasteiger partial charge in [-0.1, -0.05) is 23.7 Å². The number of carbonyl (C=O) groups excluding carboxylic acids is 1. The number of halogens is 1. The number of hydrogen-bond acceptors (Lipinski definition) is 3. The molecule has 116 valence electrons. The van der Waals surface area contributed by atoms with Gasteiger partial charge in [-0.3, -0.25) is 9.69 Å². The quantitative estimate of drug-likeness (QED) is 0.812. The second-order valence-electron chi connectivity index (χ2n) is 5.72. The van der Waals surface area contributed by atoms with Gasteiger partial charge in [0.1, 0.15) is 0 Å². The summed E-state index contributed by atoms with van der Waals surface area (Å²) in [5, 5.41) is 0.814. The average Bonchev–Trinajstić information content (AvgIpc) is 2.88. The van der Waals surface area contributed by atoms with Crippen molar-refractivity contribution in [2.75, 3.05) is 31.1 Å². The first-order valence-corrected chi connectivity index (χ1v) is 7.87. The maximum atomic E-state index is 10.9. The van der Waals surface area contributed by atoms with Crippen LogP contribution in [-0.4, -0.2) is 41.9 Å². The second-order valence-corrected chi connectivity index (χ2v) is 6.12. The Labute approximate surface area is 135 Å². The highest BCUT2D eigenvalue weighted by molar-refractivity contribution is 6.33. The highest BCUT2D eigenvalue weighted by Crippen LogP contribution is 2.26. The predicted molar refractivity (Wildman–Crippen MR) is 89.7 cm³/mol. The van der Waals surface area contributed by atoms with E-state index in [1.807, 2.05) is 42.1 Å². The molecule has 0 unspecified atom stereocenters. The number of benzene rings is 1. The van der Waals surface area contributed by atoms with Gasteiger partial charge >= 0.3 is 0 Å². The Kier molecular flexibility index (Phi) is 4.50. The standard InChI is InChI=1S/C17H20ClN3O/c1-19-11-14(10-15(19)13-22)12-20-6-8-21(9-7-20)17-5-3-2-4-16(17)18/h2-5,10-11,13H,6-9,12H2,1H3. The van der Waals surface area contributed by atoms with E-state index >= 15 is 0 Å². The molecule has 1 saturated heterocycles. The van der Waals surface area contributed by atoms with Crippen molar-refractivity contribution in [1.29, 1.82) is 0 Å². The maximum Gasteiger partial charge on any atom is 0.166 e. The number of rotatable bonds is 4. The molecule has 1 aromatic carbocycles. The Morgan fingerprint density at radius 3 is 2.55 bits per heavy atom. The van der Waals surface area contributed by atoms with Crippen molar-refractivity contribution in [2.24, 2.45) is 7.05 Å². The third-order valence-corrected chi connectivity index (χ3v) is 4.51. The summed E-state index contributed by atoms with van der Waals surface area (Å²) in [6, 6.07) is 9.97. The molecule has 0 radical (unpaired) electrons. The van der Waals surface area contributed by atoms with E-state index in [2.05, 4.69) is 15.9 Å². The van der Waals surface area contributed by atoms with Crippen LogP contribution in [0.25, 0.3) is 0 Å². The molecule has 0 amide bonds. The number of carbonyl (C=O) groups is 1. The Balaban J connectivity index is 1.60. The molecule has 0 N–H and O–H groups in total. The van der Waals surface area contributed by atoms with Crippen molar-refractivity contribution in [3.8, 4) is 0 Å². The zero-order valence-electron chi connectivity index (χ0n) is 12.7. The number of para-hydroxylation sites is 1. The van der Waals surface area contributed by atoms with Crippen molar-refractivity contribution in [3.05, 3.63) is 52.8 Å². The Bertz CT molecular complexity index is 660. The van der Waals surface area contributed by atoms with E-state index in [1.54, 1.807) is 0 Å². The lowest BCUT2D eigenvalue weighted by molar-refractivity contribution is 0.111. The number of aldehydes is 1. The van der Waals surface area contributed by atoms with Gasteiger partial charge < -0.3 is 9.47 Å². The van der Waals surface area contributed by atoms with E-state index in [9.17, 15) is 4.79 Å². The van der Waals surface area contributed by atoms with Crippen molar-refractivity contribution in [2.45, 2.75) is 6.54 Å². The second kappa shape index (κ2) is 6.55. The van der Waals surface area contributed by atoms with Crippen LogP contribution in [0.5, 0.6) is 0 Å². The summed E-state index contributed by atoms with van der Waals surface area (Å²) in [7, 11) is 1.91. The minimum atomic E-state index is 0.727. The van der Waals surface area contributed by atoms with Crippen LogP contribution in [-0.2, 0) is 13.6 Å². The van der Waals surface area contributed by atoms with E-state index in [-0.39, 0.29) is 0 Å². The molecule has 1 aromatic heterocycles. The van der Waals surface area contributed by atoms with Crippen LogP contribution in [0.4, 0.5) is 5.69 Å². The average molecular weight is 318 g/mol. The van der Waals surface area contributed by atoms with Gasteiger partial charge in [-0.05, 0) is 23.8 Å². The van der Waals surface area contributed by atoms with Gasteiger partial charge in [0.25, 0.3) is 0 Å². The minimum Gasteiger partial charge on any atom is -0.368 e. The van der Waals surface area contributed by atoms with Crippen LogP contribution in [0.3, 0.4) is 0 Å². The molecular weight excluding hydrogens is 298 g/mol. The van der Waals surface area contributed by atoms with Crippen molar-refractivity contribution < 1.29 is 4.79 Å². The Morgan fingerprint density at radius 2 is 1.91 bits per heavy atom. The first-order valence-electron chi connectivity index (χ1n) is 7.49. The number of anilines is 1. The topological polar surface area (TPSA) is 28.5 Å². The van der Waals surface area contributed by atoms with Crippen LogP contribution in [0.15, 0.2) is 36.5 Å². The lowest BCUT2D eigenvalue weighted by Gasteiger charge is -2.36. The summed E-state index contributed by atoms with van der Waals surface area (Å²) < 4.78 is 1.88. The summed E-state index contributed by atoms with van der Waals surface area (Å²) in [5.74, 6) is 0. The smallest absolute Gasteiger partial charge is 0.166 e. The van der Waals surface area contributed by atoms with E-state index in [4.69, 9.17) is 11.6 Å². The zero-order chi connectivity index (χ0) is 15.5. The summed E-state index contributed by atoms with van der Waals surface area (Å²) in [4.78, 5) is 15.7. The molecular formula is C17H20ClN3O. The molecule has 4 nitrogen and oxygen atoms in total. The predicted octanol–water partition coefficient (Wildman–Crippen LogP) is 2.81. The molecule has 1 aliphatic heterocycles. The first kappa shape index (κ1) is 15.1. The number of piperazine rings is 1. The van der Waals surface area contributed by atoms with Crippen LogP contribution < -0.4 is 4.90 Å². The monoisotopic (exact) mass is 317 g/mol. The zero-order valence-corrected chi connectivity index (χ0v) is 13.5. The molecule has 0 aliphatic carbocycles. The minimum absolute atomic E-state index is 0.727. The van der Waals surface area contributed by atoms with E-state index in [1.165, 1.54) is 5.56 Å². The molecule has 22 heavy (non-hydrogen) atoms. The van der Waals surface area contributed by atoms with Gasteiger partial charge in [0.15, 0.2) is 6.29 Å². The lowest BCUT2D eigenvalue weighted by atomic mass is 10.2. The van der Waals surface area contributed by atoms with Gasteiger partial charge in [-0.25, -0.2) is 0 Å². The van der Waals surface area contributed by atoms with Crippen LogP contribution in [0.1, 0.15) is 16.1 Å². The molecule has 0 bridgehead atoms. The molecule has 2 heterocycles. The SMILES string of the molecule is Cn1cc(CN2CCN(c3ccccc3Cl)CC2)cc1C=O. The fraction of sp³-hybridized carbons (Fsp3) is 0.353. The van der Waals surface area contributed by atoms with E-state index in [0.29, 0.717) is 0 Å². The van der Waals surface area contributed by atoms with E-state index in [0.717, 1.165) is 55.4 Å². The van der Waals surface area contributed by atoms with Crippen molar-refractivity contribution in [1.82, 2.24) is 9.47 Å². The van der Waals surface area contributed by atoms with Crippen molar-refractivity contribution >= 4 is 23.6 Å². The number of aromatic nitrogens is 1. The molecule has 1 fully saturated rings. The molecule has 0 saturated carbocycles. The highest BCUT2D eigenvalue weighted by atomic mass is 35.5. The molecule has 0 atom stereocenters. The van der Waals surface area contributed by atoms with Gasteiger partial charge in [0, 0.05) is 46.0 Å². The van der Waals surface area contributed by atoms with Gasteiger partial charge in [0.2, 0.25) is 0 Å². The molecule has 2 aromatic rings. The molecule has 1 aliphatic rings. The maximum absolute atomic E-state index is 10.9. The van der Waals surface area contributed by atoms with Crippen LogP contribution in [0, 0.1) is 0 Å². The Hall–Kier alpha value is -1.78. The summed E-state index contributed by atoms with van der Waals surface area (Å²) in [6.45, 7) is 4.82. The summed E-state index contributed by atoms with van der Waals surface area (Å²) >= 11 is 6.27. The highest BCUT2D eigenvalue weighted by Gasteiger charge is 2.19. The van der Waals surface area contributed by atoms with Gasteiger partial charge in [-0.2, -0.15) is 0 Å². The lowest BCUT2D eigenvalue weighted by Crippen LogP contribution is -2.46. The number of aryl methyl sites for hydroxylation is 1. The fourth-order valence-electron chi connectivity index (χ4n) is 2.97. The van der Waals surface area contributed by atoms with Crippen molar-refractivity contribution in [3.63, 3.8) is 0 Å². The molecule has 0 spiro atoms. The summed E-state index contributed by atoms with van der Waals surface area (Å²) in [6.07, 6.45) is 2.93. The largest absolute Gasteiger partial charge is 0.368 e. The molecule has 3 rings (SSSR count). The number of nitrogens with zero attached hydrogens (tertiary/aromatic N) is 3. The van der Waals surface area contributed by atoms with Crippen LogP contribution >= 0.6 is 11.6 Å². The fourth-order valence-corrected chi connectivity index (χ4v) is 3.22. The van der Waals surface area contributed by atoms with E-state index < -0.39 is 0 Å². The van der Waals surface area contributed by atoms with Gasteiger partial charge in [0.05, 0.1) is 16.4 Å². The summed E-state index contributed by atoms with van der Waals surface area (Å²) in [5.41, 5.74) is 3.03. The third-order valence-electron chi connectivity index (χ3n) is 4.19. The normalized spacial score (nSPS) is 16.0. The van der Waals surface area contributed by atoms with Crippen LogP contribution in [0.2, 0.25) is 5.02 Å². The van der Waals surface area contributed by atoms with Gasteiger partial charge in [-0.15, -0.1) is 0 Å². The molecule has 5 heteroatoms.